The van der Waals surface area contributed by atoms with Crippen molar-refractivity contribution in [1.29, 1.82) is 0 Å². The molecule has 1 rings (SSSR count). The minimum Gasteiger partial charge on any atom is -0.393 e. The van der Waals surface area contributed by atoms with Crippen molar-refractivity contribution in [2.75, 3.05) is 13.6 Å². The summed E-state index contributed by atoms with van der Waals surface area (Å²) in [6.07, 6.45) is -4.86. The Hall–Kier alpha value is -1.70. The van der Waals surface area contributed by atoms with Gasteiger partial charge in [-0.05, 0) is 12.1 Å². The van der Waals surface area contributed by atoms with E-state index >= 15 is 0 Å². The quantitative estimate of drug-likeness (QED) is 0.685. The predicted octanol–water partition coefficient (Wildman–Crippen LogP) is 2.84. The first-order chi connectivity index (χ1) is 9.55. The third-order valence-corrected chi connectivity index (χ3v) is 3.32. The lowest BCUT2D eigenvalue weighted by Crippen LogP contribution is -2.36. The fourth-order valence-electron chi connectivity index (χ4n) is 1.71. The van der Waals surface area contributed by atoms with Crippen LogP contribution in [0.15, 0.2) is 18.2 Å². The summed E-state index contributed by atoms with van der Waals surface area (Å²) >= 11 is 4.75. The summed E-state index contributed by atoms with van der Waals surface area (Å²) in [6, 6.07) is 2.59. The fraction of sp³-hybridized carbons (Fsp3) is 0.385. The van der Waals surface area contributed by atoms with E-state index in [4.69, 9.17) is 18.0 Å². The number of halogens is 4. The second kappa shape index (κ2) is 6.38. The van der Waals surface area contributed by atoms with E-state index in [0.29, 0.717) is 6.07 Å². The van der Waals surface area contributed by atoms with Gasteiger partial charge in [-0.1, -0.05) is 25.2 Å². The molecule has 8 heteroatoms. The molecule has 0 heterocycles. The van der Waals surface area contributed by atoms with E-state index in [1.165, 1.54) is 7.05 Å². The van der Waals surface area contributed by atoms with Gasteiger partial charge in [-0.2, -0.15) is 13.2 Å². The lowest BCUT2D eigenvalue weighted by atomic mass is 10.1. The average Bonchev–Trinajstić information content (AvgIpc) is 2.36. The third-order valence-electron chi connectivity index (χ3n) is 2.91. The van der Waals surface area contributed by atoms with Gasteiger partial charge in [0.2, 0.25) is 0 Å². The molecule has 0 saturated heterocycles. The molecule has 0 aliphatic carbocycles. The van der Waals surface area contributed by atoms with Crippen LogP contribution in [0.1, 0.15) is 22.8 Å². The smallest absolute Gasteiger partial charge is 0.393 e. The number of nitrogens with two attached hydrogens (primary N) is 1. The highest BCUT2D eigenvalue weighted by molar-refractivity contribution is 7.80. The van der Waals surface area contributed by atoms with Gasteiger partial charge >= 0.3 is 6.18 Å². The normalized spacial score (nSPS) is 12.9. The van der Waals surface area contributed by atoms with E-state index < -0.39 is 29.0 Å². The molecule has 1 aromatic rings. The van der Waals surface area contributed by atoms with Crippen molar-refractivity contribution in [3.63, 3.8) is 0 Å². The average molecular weight is 322 g/mol. The Morgan fingerprint density at radius 3 is 2.48 bits per heavy atom. The van der Waals surface area contributed by atoms with E-state index in [1.54, 1.807) is 6.92 Å². The molecule has 0 aliphatic rings. The van der Waals surface area contributed by atoms with Gasteiger partial charge in [-0.25, -0.2) is 4.39 Å². The van der Waals surface area contributed by atoms with Gasteiger partial charge in [0, 0.05) is 19.5 Å². The molecule has 0 bridgehead atoms. The summed E-state index contributed by atoms with van der Waals surface area (Å²) in [6.45, 7) is 1.75. The van der Waals surface area contributed by atoms with Crippen LogP contribution < -0.4 is 5.73 Å². The maximum absolute atomic E-state index is 13.9. The first-order valence-corrected chi connectivity index (χ1v) is 6.37. The zero-order valence-electron chi connectivity index (χ0n) is 11.4. The van der Waals surface area contributed by atoms with Crippen LogP contribution in [-0.2, 0) is 6.18 Å². The third kappa shape index (κ3) is 4.13. The molecule has 116 valence electrons. The highest BCUT2D eigenvalue weighted by atomic mass is 32.1. The maximum Gasteiger partial charge on any atom is 0.419 e. The van der Waals surface area contributed by atoms with Crippen molar-refractivity contribution in [1.82, 2.24) is 4.90 Å². The summed E-state index contributed by atoms with van der Waals surface area (Å²) in [5.74, 6) is -2.77. The van der Waals surface area contributed by atoms with E-state index in [0.717, 1.165) is 17.0 Å². The van der Waals surface area contributed by atoms with Crippen LogP contribution in [0, 0.1) is 11.7 Å². The van der Waals surface area contributed by atoms with E-state index in [1.807, 2.05) is 0 Å². The Labute approximate surface area is 124 Å². The van der Waals surface area contributed by atoms with Crippen LogP contribution in [0.5, 0.6) is 0 Å². The van der Waals surface area contributed by atoms with Crippen LogP contribution in [0.3, 0.4) is 0 Å². The largest absolute Gasteiger partial charge is 0.419 e. The number of nitrogens with zero attached hydrogens (tertiary/aromatic N) is 1. The van der Waals surface area contributed by atoms with Gasteiger partial charge in [0.1, 0.15) is 5.82 Å². The van der Waals surface area contributed by atoms with E-state index in [9.17, 15) is 22.4 Å². The molecule has 0 fully saturated rings. The van der Waals surface area contributed by atoms with Gasteiger partial charge in [-0.3, -0.25) is 4.79 Å². The molecule has 1 aromatic carbocycles. The lowest BCUT2D eigenvalue weighted by Gasteiger charge is -2.21. The molecular weight excluding hydrogens is 308 g/mol. The Morgan fingerprint density at radius 2 is 2.00 bits per heavy atom. The molecule has 1 unspecified atom stereocenters. The highest BCUT2D eigenvalue weighted by Gasteiger charge is 2.36. The van der Waals surface area contributed by atoms with E-state index in [-0.39, 0.29) is 17.5 Å². The summed E-state index contributed by atoms with van der Waals surface area (Å²) in [5, 5.41) is 0. The summed E-state index contributed by atoms with van der Waals surface area (Å²) < 4.78 is 51.7. The Morgan fingerprint density at radius 1 is 1.43 bits per heavy atom. The number of thiocarbonyl (C=S) groups is 1. The second-order valence-electron chi connectivity index (χ2n) is 4.65. The van der Waals surface area contributed by atoms with E-state index in [2.05, 4.69) is 0 Å². The lowest BCUT2D eigenvalue weighted by molar-refractivity contribution is -0.140. The minimum atomic E-state index is -4.86. The number of rotatable bonds is 4. The van der Waals surface area contributed by atoms with Gasteiger partial charge in [0.05, 0.1) is 16.1 Å². The molecule has 0 saturated carbocycles. The predicted molar refractivity (Wildman–Crippen MR) is 74.3 cm³/mol. The zero-order chi connectivity index (χ0) is 16.4. The molecule has 0 aromatic heterocycles. The molecule has 1 atom stereocenters. The monoisotopic (exact) mass is 322 g/mol. The number of hydrogen-bond acceptors (Lipinski definition) is 2. The van der Waals surface area contributed by atoms with Crippen molar-refractivity contribution < 1.29 is 22.4 Å². The SMILES string of the molecule is CC(CN(C)C(=O)c1cccc(C(F)(F)F)c1F)C(N)=S. The van der Waals surface area contributed by atoms with Crippen molar-refractivity contribution in [2.45, 2.75) is 13.1 Å². The van der Waals surface area contributed by atoms with Crippen molar-refractivity contribution >= 4 is 23.1 Å². The van der Waals surface area contributed by atoms with Gasteiger partial charge < -0.3 is 10.6 Å². The molecular formula is C13H14F4N2OS. The van der Waals surface area contributed by atoms with Crippen LogP contribution in [-0.4, -0.2) is 29.4 Å². The van der Waals surface area contributed by atoms with Crippen molar-refractivity contribution in [3.05, 3.63) is 35.1 Å². The topological polar surface area (TPSA) is 46.3 Å². The van der Waals surface area contributed by atoms with Crippen LogP contribution in [0.2, 0.25) is 0 Å². The molecule has 0 spiro atoms. The molecule has 21 heavy (non-hydrogen) atoms. The molecule has 1 amide bonds. The highest BCUT2D eigenvalue weighted by Crippen LogP contribution is 2.32. The van der Waals surface area contributed by atoms with Crippen molar-refractivity contribution in [3.8, 4) is 0 Å². The van der Waals surface area contributed by atoms with Gasteiger partial charge in [0.15, 0.2) is 0 Å². The zero-order valence-corrected chi connectivity index (χ0v) is 12.2. The number of carbonyl (C=O) groups excluding carboxylic acids is 1. The van der Waals surface area contributed by atoms with Gasteiger partial charge in [0.25, 0.3) is 5.91 Å². The first-order valence-electron chi connectivity index (χ1n) is 5.96. The van der Waals surface area contributed by atoms with Crippen LogP contribution in [0.4, 0.5) is 17.6 Å². The number of alkyl halides is 3. The molecule has 0 radical (unpaired) electrons. The van der Waals surface area contributed by atoms with Crippen molar-refractivity contribution in [2.24, 2.45) is 11.7 Å². The molecule has 0 aliphatic heterocycles. The molecule has 2 N–H and O–H groups in total. The summed E-state index contributed by atoms with van der Waals surface area (Å²) in [5.41, 5.74) is 3.30. The Bertz CT molecular complexity index is 560. The molecule has 3 nitrogen and oxygen atoms in total. The van der Waals surface area contributed by atoms with Crippen LogP contribution >= 0.6 is 12.2 Å². The standard InChI is InChI=1S/C13H14F4N2OS/c1-7(11(18)21)6-19(2)12(20)8-4-3-5-9(10(8)14)13(15,16)17/h3-5,7H,6H2,1-2H3,(H2,18,21). The summed E-state index contributed by atoms with van der Waals surface area (Å²) in [4.78, 5) is 13.3. The van der Waals surface area contributed by atoms with Gasteiger partial charge in [-0.15, -0.1) is 0 Å². The fourth-order valence-corrected chi connectivity index (χ4v) is 1.78. The number of hydrogen-bond donors (Lipinski definition) is 1. The second-order valence-corrected chi connectivity index (χ2v) is 5.13. The maximum atomic E-state index is 13.9. The Balaban J connectivity index is 3.06. The first kappa shape index (κ1) is 17.4. The number of benzene rings is 1. The number of carbonyl (C=O) groups is 1. The number of amides is 1. The van der Waals surface area contributed by atoms with Crippen LogP contribution in [0.25, 0.3) is 0 Å². The summed E-state index contributed by atoms with van der Waals surface area (Å²) in [7, 11) is 1.34. The Kier molecular flexibility index (Phi) is 5.27. The minimum absolute atomic E-state index is 0.0872.